The first kappa shape index (κ1) is 25.0. The number of aromatic nitrogens is 1. The van der Waals surface area contributed by atoms with Crippen LogP contribution in [0, 0.1) is 6.92 Å². The van der Waals surface area contributed by atoms with Gasteiger partial charge in [-0.1, -0.05) is 18.2 Å². The van der Waals surface area contributed by atoms with Crippen molar-refractivity contribution >= 4 is 33.1 Å². The van der Waals surface area contributed by atoms with Crippen LogP contribution < -0.4 is 20.1 Å². The van der Waals surface area contributed by atoms with Gasteiger partial charge in [-0.05, 0) is 49.4 Å². The van der Waals surface area contributed by atoms with Gasteiger partial charge >= 0.3 is 0 Å². The molecule has 0 saturated carbocycles. The van der Waals surface area contributed by atoms with Crippen LogP contribution in [0.15, 0.2) is 66.7 Å². The summed E-state index contributed by atoms with van der Waals surface area (Å²) >= 11 is 1.65. The molecule has 3 aromatic carbocycles. The molecule has 0 aliphatic carbocycles. The first-order valence-corrected chi connectivity index (χ1v) is 13.1. The number of fused-ring (bicyclic) bond motifs is 1. The van der Waals surface area contributed by atoms with Crippen molar-refractivity contribution in [3.05, 3.63) is 77.3 Å². The minimum Gasteiger partial charge on any atom is -0.491 e. The molecular formula is C28H30N4O4S. The number of nitrogens with zero attached hydrogens (tertiary/aromatic N) is 3. The maximum atomic E-state index is 11.8. The molecular weight excluding hydrogens is 488 g/mol. The van der Waals surface area contributed by atoms with Crippen LogP contribution in [-0.2, 0) is 0 Å². The van der Waals surface area contributed by atoms with E-state index in [9.17, 15) is 9.90 Å². The highest BCUT2D eigenvalue weighted by Crippen LogP contribution is 2.34. The zero-order valence-electron chi connectivity index (χ0n) is 20.7. The Morgan fingerprint density at radius 2 is 1.84 bits per heavy atom. The molecule has 3 N–H and O–H groups in total. The van der Waals surface area contributed by atoms with Gasteiger partial charge in [-0.2, -0.15) is 0 Å². The molecule has 1 aromatic heterocycles. The van der Waals surface area contributed by atoms with Crippen molar-refractivity contribution in [1.82, 2.24) is 9.88 Å². The first-order chi connectivity index (χ1) is 17.9. The zero-order valence-corrected chi connectivity index (χ0v) is 21.5. The molecule has 1 amide bonds. The molecule has 1 fully saturated rings. The topological polar surface area (TPSA) is 101 Å². The van der Waals surface area contributed by atoms with E-state index in [4.69, 9.17) is 15.2 Å². The van der Waals surface area contributed by atoms with Crippen molar-refractivity contribution in [2.45, 2.75) is 13.0 Å². The molecule has 0 bridgehead atoms. The molecule has 5 rings (SSSR count). The molecule has 8 nitrogen and oxygen atoms in total. The van der Waals surface area contributed by atoms with Crippen LogP contribution in [0.3, 0.4) is 0 Å². The Labute approximate surface area is 219 Å². The number of thiazole rings is 1. The Hall–Kier alpha value is -3.66. The molecule has 1 aliphatic rings. The maximum absolute atomic E-state index is 11.8. The van der Waals surface area contributed by atoms with Gasteiger partial charge in [-0.15, -0.1) is 11.3 Å². The molecule has 1 saturated heterocycles. The molecule has 192 valence electrons. The smallest absolute Gasteiger partial charge is 0.248 e. The number of ether oxygens (including phenoxy) is 2. The SMILES string of the molecule is Cc1nc2cc(OCC(O)CN3CCN(c4ccc(C(N)=O)cc4Oc4ccccc4)CC3)ccc2s1. The number of benzene rings is 3. The Morgan fingerprint density at radius 3 is 2.59 bits per heavy atom. The maximum Gasteiger partial charge on any atom is 0.248 e. The van der Waals surface area contributed by atoms with Crippen molar-refractivity contribution in [3.8, 4) is 17.2 Å². The lowest BCUT2D eigenvalue weighted by Gasteiger charge is -2.37. The standard InChI is InChI=1S/C28H30N4O4S/c1-19-30-24-16-23(8-10-27(24)37-19)35-18-21(33)17-31-11-13-32(14-12-31)25-9-7-20(28(29)34)15-26(25)36-22-5-3-2-4-6-22/h2-10,15-16,21,33H,11-14,17-18H2,1H3,(H2,29,34). The number of carbonyl (C=O) groups excluding carboxylic acids is 1. The second-order valence-corrected chi connectivity index (χ2v) is 10.3. The largest absolute Gasteiger partial charge is 0.491 e. The van der Waals surface area contributed by atoms with E-state index in [-0.39, 0.29) is 6.61 Å². The number of piperazine rings is 1. The lowest BCUT2D eigenvalue weighted by molar-refractivity contribution is 0.0663. The number of aliphatic hydroxyl groups is 1. The minimum atomic E-state index is -0.605. The lowest BCUT2D eigenvalue weighted by atomic mass is 10.1. The van der Waals surface area contributed by atoms with E-state index in [1.165, 1.54) is 0 Å². The highest BCUT2D eigenvalue weighted by Gasteiger charge is 2.23. The third-order valence-corrected chi connectivity index (χ3v) is 7.26. The summed E-state index contributed by atoms with van der Waals surface area (Å²) in [6.45, 7) is 5.82. The molecule has 0 radical (unpaired) electrons. The second-order valence-electron chi connectivity index (χ2n) is 9.08. The third-order valence-electron chi connectivity index (χ3n) is 6.31. The molecule has 4 aromatic rings. The molecule has 1 atom stereocenters. The average molecular weight is 519 g/mol. The number of amides is 1. The number of β-amino-alcohol motifs (C(OH)–C–C–N with tert-alkyl or cyclic N) is 1. The Bertz CT molecular complexity index is 1370. The Morgan fingerprint density at radius 1 is 1.05 bits per heavy atom. The fraction of sp³-hybridized carbons (Fsp3) is 0.286. The van der Waals surface area contributed by atoms with Gasteiger partial charge in [-0.25, -0.2) is 4.98 Å². The van der Waals surface area contributed by atoms with Gasteiger partial charge in [0.15, 0.2) is 5.75 Å². The fourth-order valence-electron chi connectivity index (χ4n) is 4.45. The van der Waals surface area contributed by atoms with Crippen LogP contribution >= 0.6 is 11.3 Å². The highest BCUT2D eigenvalue weighted by atomic mass is 32.1. The van der Waals surface area contributed by atoms with E-state index < -0.39 is 12.0 Å². The Kier molecular flexibility index (Phi) is 7.55. The molecule has 2 heterocycles. The zero-order chi connectivity index (χ0) is 25.8. The highest BCUT2D eigenvalue weighted by molar-refractivity contribution is 7.18. The van der Waals surface area contributed by atoms with E-state index in [0.717, 1.165) is 47.1 Å². The van der Waals surface area contributed by atoms with E-state index in [0.29, 0.717) is 29.4 Å². The van der Waals surface area contributed by atoms with Gasteiger partial charge < -0.3 is 25.2 Å². The summed E-state index contributed by atoms with van der Waals surface area (Å²) in [6.07, 6.45) is -0.605. The predicted molar refractivity (Wildman–Crippen MR) is 146 cm³/mol. The number of nitrogens with two attached hydrogens (primary N) is 1. The summed E-state index contributed by atoms with van der Waals surface area (Å²) in [5.74, 6) is 1.51. The summed E-state index contributed by atoms with van der Waals surface area (Å²) in [5, 5.41) is 11.6. The number of hydrogen-bond donors (Lipinski definition) is 2. The summed E-state index contributed by atoms with van der Waals surface area (Å²) in [4.78, 5) is 20.7. The van der Waals surface area contributed by atoms with Crippen molar-refractivity contribution in [2.75, 3.05) is 44.2 Å². The molecule has 0 spiro atoms. The van der Waals surface area contributed by atoms with Crippen molar-refractivity contribution < 1.29 is 19.4 Å². The number of para-hydroxylation sites is 1. The van der Waals surface area contributed by atoms with Crippen LogP contribution in [0.1, 0.15) is 15.4 Å². The van der Waals surface area contributed by atoms with E-state index >= 15 is 0 Å². The fourth-order valence-corrected chi connectivity index (χ4v) is 5.26. The van der Waals surface area contributed by atoms with Gasteiger partial charge in [0.05, 0.1) is 20.9 Å². The number of anilines is 1. The molecule has 37 heavy (non-hydrogen) atoms. The molecule has 9 heteroatoms. The van der Waals surface area contributed by atoms with Crippen LogP contribution in [0.25, 0.3) is 10.2 Å². The molecule has 1 unspecified atom stereocenters. The van der Waals surface area contributed by atoms with Gasteiger partial charge in [0.2, 0.25) is 5.91 Å². The van der Waals surface area contributed by atoms with Gasteiger partial charge in [0.25, 0.3) is 0 Å². The van der Waals surface area contributed by atoms with Crippen molar-refractivity contribution in [3.63, 3.8) is 0 Å². The van der Waals surface area contributed by atoms with E-state index in [1.54, 1.807) is 23.5 Å². The second kappa shape index (κ2) is 11.2. The van der Waals surface area contributed by atoms with Crippen LogP contribution in [0.5, 0.6) is 17.2 Å². The number of carbonyl (C=O) groups is 1. The van der Waals surface area contributed by atoms with Gasteiger partial charge in [0, 0.05) is 44.4 Å². The normalized spacial score (nSPS) is 15.0. The van der Waals surface area contributed by atoms with Crippen LogP contribution in [-0.4, -0.2) is 66.3 Å². The number of hydrogen-bond acceptors (Lipinski definition) is 8. The Balaban J connectivity index is 1.17. The van der Waals surface area contributed by atoms with Gasteiger partial charge in [0.1, 0.15) is 24.2 Å². The van der Waals surface area contributed by atoms with E-state index in [2.05, 4.69) is 14.8 Å². The molecule has 1 aliphatic heterocycles. The third kappa shape index (κ3) is 6.19. The first-order valence-electron chi connectivity index (χ1n) is 12.3. The average Bonchev–Trinajstić information content (AvgIpc) is 3.28. The quantitative estimate of drug-likeness (QED) is 0.345. The summed E-state index contributed by atoms with van der Waals surface area (Å²) < 4.78 is 13.1. The van der Waals surface area contributed by atoms with E-state index in [1.807, 2.05) is 61.5 Å². The number of rotatable bonds is 9. The van der Waals surface area contributed by atoms with Crippen LogP contribution in [0.4, 0.5) is 5.69 Å². The lowest BCUT2D eigenvalue weighted by Crippen LogP contribution is -2.49. The summed E-state index contributed by atoms with van der Waals surface area (Å²) in [7, 11) is 0. The summed E-state index contributed by atoms with van der Waals surface area (Å²) in [5.41, 5.74) is 7.74. The van der Waals surface area contributed by atoms with Crippen molar-refractivity contribution in [1.29, 1.82) is 0 Å². The predicted octanol–water partition coefficient (Wildman–Crippen LogP) is 4.06. The summed E-state index contributed by atoms with van der Waals surface area (Å²) in [6, 6.07) is 20.6. The number of primary amides is 1. The number of aliphatic hydroxyl groups excluding tert-OH is 1. The minimum absolute atomic E-state index is 0.221. The van der Waals surface area contributed by atoms with Crippen molar-refractivity contribution in [2.24, 2.45) is 5.73 Å². The monoisotopic (exact) mass is 518 g/mol. The number of aryl methyl sites for hydroxylation is 1. The van der Waals surface area contributed by atoms with Gasteiger partial charge in [-0.3, -0.25) is 9.69 Å². The van der Waals surface area contributed by atoms with Crippen LogP contribution in [0.2, 0.25) is 0 Å².